The number of ether oxygens (including phenoxy) is 3. The molecule has 40 heavy (non-hydrogen) atoms. The molecule has 3 amide bonds. The maximum Gasteiger partial charge on any atom is 0.413 e. The lowest BCUT2D eigenvalue weighted by Gasteiger charge is -2.48. The molecule has 0 aliphatic carbocycles. The van der Waals surface area contributed by atoms with Crippen LogP contribution in [0.2, 0.25) is 0 Å². The lowest BCUT2D eigenvalue weighted by atomic mass is 9.98. The second-order valence-corrected chi connectivity index (χ2v) is 12.9. The smallest absolute Gasteiger partial charge is 0.413 e. The van der Waals surface area contributed by atoms with Crippen LogP contribution in [0.25, 0.3) is 5.57 Å². The number of carbonyl (C=O) groups excluding carboxylic acids is 5. The Morgan fingerprint density at radius 3 is 2.48 bits per heavy atom. The predicted octanol–water partition coefficient (Wildman–Crippen LogP) is 3.66. The van der Waals surface area contributed by atoms with Crippen LogP contribution in [0, 0.1) is 5.41 Å². The van der Waals surface area contributed by atoms with Gasteiger partial charge in [0.2, 0.25) is 6.79 Å². The Bertz CT molecular complexity index is 1240. The molecule has 2 N–H and O–H groups in total. The number of aromatic nitrogens is 1. The standard InChI is InChI=1S/C26H34N4O8S2/c1-8-9-14(15-12-40-23(27-15)29-24(35)38-26(5,6)7)18(31)28-17-19(32)30-16(10-11-39-20(17)30)21(33)36-13-37-22(34)25(2,3)4/h9-10,12,17,20H,8,11,13H2,1-7H3,(H,28,31)(H,27,29,35)/t17-,20+/m1/s1. The summed E-state index contributed by atoms with van der Waals surface area (Å²) in [5.74, 6) is -1.90. The van der Waals surface area contributed by atoms with Gasteiger partial charge in [-0.1, -0.05) is 13.0 Å². The lowest BCUT2D eigenvalue weighted by Crippen LogP contribution is -2.70. The third kappa shape index (κ3) is 7.62. The zero-order valence-corrected chi connectivity index (χ0v) is 25.1. The number of esters is 2. The van der Waals surface area contributed by atoms with Crippen LogP contribution in [0.5, 0.6) is 0 Å². The summed E-state index contributed by atoms with van der Waals surface area (Å²) in [6.45, 7) is 11.5. The molecule has 1 aromatic rings. The van der Waals surface area contributed by atoms with Crippen molar-refractivity contribution in [2.75, 3.05) is 17.9 Å². The van der Waals surface area contributed by atoms with E-state index in [-0.39, 0.29) is 16.4 Å². The minimum atomic E-state index is -0.869. The number of rotatable bonds is 8. The van der Waals surface area contributed by atoms with E-state index in [1.54, 1.807) is 59.1 Å². The summed E-state index contributed by atoms with van der Waals surface area (Å²) in [6.07, 6.45) is 3.10. The van der Waals surface area contributed by atoms with Gasteiger partial charge < -0.3 is 19.5 Å². The zero-order valence-electron chi connectivity index (χ0n) is 23.5. The van der Waals surface area contributed by atoms with E-state index < -0.39 is 59.1 Å². The molecular weight excluding hydrogens is 560 g/mol. The average Bonchev–Trinajstić information content (AvgIpc) is 3.30. The highest BCUT2D eigenvalue weighted by Crippen LogP contribution is 2.38. The first-order valence-electron chi connectivity index (χ1n) is 12.6. The van der Waals surface area contributed by atoms with Crippen molar-refractivity contribution in [1.29, 1.82) is 0 Å². The van der Waals surface area contributed by atoms with Crippen molar-refractivity contribution in [3.63, 3.8) is 0 Å². The van der Waals surface area contributed by atoms with Gasteiger partial charge in [-0.2, -0.15) is 0 Å². The van der Waals surface area contributed by atoms with Gasteiger partial charge in [-0.3, -0.25) is 24.6 Å². The molecule has 0 spiro atoms. The van der Waals surface area contributed by atoms with Crippen molar-refractivity contribution in [3.05, 3.63) is 28.9 Å². The van der Waals surface area contributed by atoms with Crippen molar-refractivity contribution in [3.8, 4) is 0 Å². The number of thiazole rings is 1. The Morgan fingerprint density at radius 2 is 1.85 bits per heavy atom. The highest BCUT2D eigenvalue weighted by atomic mass is 32.2. The molecule has 1 aromatic heterocycles. The molecule has 0 unspecified atom stereocenters. The summed E-state index contributed by atoms with van der Waals surface area (Å²) in [7, 11) is 0. The summed E-state index contributed by atoms with van der Waals surface area (Å²) in [5.41, 5.74) is -0.810. The van der Waals surface area contributed by atoms with E-state index in [4.69, 9.17) is 14.2 Å². The van der Waals surface area contributed by atoms with Gasteiger partial charge in [-0.25, -0.2) is 14.6 Å². The highest BCUT2D eigenvalue weighted by Gasteiger charge is 2.53. The third-order valence-corrected chi connectivity index (χ3v) is 7.32. The number of carbonyl (C=O) groups is 5. The normalized spacial score (nSPS) is 19.1. The molecule has 12 nitrogen and oxygen atoms in total. The van der Waals surface area contributed by atoms with E-state index in [0.29, 0.717) is 17.9 Å². The molecule has 2 aliphatic heterocycles. The number of hydrogen-bond donors (Lipinski definition) is 2. The van der Waals surface area contributed by atoms with Crippen molar-refractivity contribution < 1.29 is 38.2 Å². The zero-order chi connectivity index (χ0) is 29.8. The van der Waals surface area contributed by atoms with Gasteiger partial charge in [0.25, 0.3) is 11.8 Å². The number of nitrogens with zero attached hydrogens (tertiary/aromatic N) is 2. The quantitative estimate of drug-likeness (QED) is 0.197. The molecule has 3 rings (SSSR count). The molecule has 0 radical (unpaired) electrons. The molecule has 0 saturated carbocycles. The van der Waals surface area contributed by atoms with Crippen LogP contribution in [0.4, 0.5) is 9.93 Å². The number of nitrogens with one attached hydrogen (secondary N) is 2. The van der Waals surface area contributed by atoms with Crippen molar-refractivity contribution in [1.82, 2.24) is 15.2 Å². The number of fused-ring (bicyclic) bond motifs is 1. The number of anilines is 1. The Labute approximate surface area is 240 Å². The monoisotopic (exact) mass is 594 g/mol. The van der Waals surface area contributed by atoms with Crippen LogP contribution >= 0.6 is 23.1 Å². The van der Waals surface area contributed by atoms with Crippen LogP contribution in [0.15, 0.2) is 23.2 Å². The first-order valence-corrected chi connectivity index (χ1v) is 14.5. The first kappa shape index (κ1) is 31.1. The fourth-order valence-corrected chi connectivity index (χ4v) is 5.43. The maximum absolute atomic E-state index is 13.2. The Kier molecular flexibility index (Phi) is 9.67. The van der Waals surface area contributed by atoms with Gasteiger partial charge >= 0.3 is 18.0 Å². The summed E-state index contributed by atoms with van der Waals surface area (Å²) >= 11 is 2.52. The molecule has 14 heteroatoms. The molecule has 2 atom stereocenters. The summed E-state index contributed by atoms with van der Waals surface area (Å²) < 4.78 is 15.3. The Morgan fingerprint density at radius 1 is 1.15 bits per heavy atom. The maximum atomic E-state index is 13.2. The fourth-order valence-electron chi connectivity index (χ4n) is 3.54. The SMILES string of the molecule is CCC=C(C(=O)N[C@@H]1C(=O)N2C(C(=O)OCOC(=O)C(C)(C)C)=CCS[C@@H]12)c1csc(NC(=O)OC(C)(C)C)n1. The number of thioether (sulfide) groups is 1. The minimum absolute atomic E-state index is 0.0349. The molecule has 3 heterocycles. The van der Waals surface area contributed by atoms with Crippen LogP contribution in [0.1, 0.15) is 60.6 Å². The number of β-lactam (4-membered cyclic amide) rings is 1. The topological polar surface area (TPSA) is 153 Å². The van der Waals surface area contributed by atoms with Crippen molar-refractivity contribution >= 4 is 63.6 Å². The van der Waals surface area contributed by atoms with E-state index in [9.17, 15) is 24.0 Å². The lowest BCUT2D eigenvalue weighted by molar-refractivity contribution is -0.173. The van der Waals surface area contributed by atoms with Crippen LogP contribution in [0.3, 0.4) is 0 Å². The highest BCUT2D eigenvalue weighted by molar-refractivity contribution is 8.00. The van der Waals surface area contributed by atoms with Gasteiger partial charge in [0.1, 0.15) is 22.7 Å². The van der Waals surface area contributed by atoms with E-state index in [1.807, 2.05) is 6.92 Å². The largest absolute Gasteiger partial charge is 0.444 e. The number of allylic oxidation sites excluding steroid dienone is 1. The summed E-state index contributed by atoms with van der Waals surface area (Å²) in [5, 5.41) is 6.67. The van der Waals surface area contributed by atoms with Crippen LogP contribution in [-0.2, 0) is 33.4 Å². The minimum Gasteiger partial charge on any atom is -0.444 e. The Balaban J connectivity index is 1.61. The van der Waals surface area contributed by atoms with E-state index >= 15 is 0 Å². The van der Waals surface area contributed by atoms with Crippen LogP contribution in [-0.4, -0.2) is 69.3 Å². The van der Waals surface area contributed by atoms with E-state index in [1.165, 1.54) is 16.7 Å². The number of amides is 3. The van der Waals surface area contributed by atoms with Gasteiger partial charge in [0.05, 0.1) is 16.7 Å². The molecule has 218 valence electrons. The Hall–Kier alpha value is -3.39. The predicted molar refractivity (Wildman–Crippen MR) is 150 cm³/mol. The first-order chi connectivity index (χ1) is 18.6. The number of hydrogen-bond acceptors (Lipinski definition) is 11. The fraction of sp³-hybridized carbons (Fsp3) is 0.538. The van der Waals surface area contributed by atoms with Gasteiger partial charge in [0.15, 0.2) is 5.13 Å². The van der Waals surface area contributed by atoms with Gasteiger partial charge in [-0.05, 0) is 54.0 Å². The molecule has 1 saturated heterocycles. The van der Waals surface area contributed by atoms with Crippen LogP contribution < -0.4 is 10.6 Å². The molecule has 1 fully saturated rings. The molecule has 0 aromatic carbocycles. The molecular formula is C26H34N4O8S2. The van der Waals surface area contributed by atoms with Crippen molar-refractivity contribution in [2.24, 2.45) is 5.41 Å². The second-order valence-electron chi connectivity index (χ2n) is 10.9. The molecule has 2 aliphatic rings. The second kappa shape index (κ2) is 12.4. The average molecular weight is 595 g/mol. The third-order valence-electron chi connectivity index (χ3n) is 5.38. The molecule has 0 bridgehead atoms. The van der Waals surface area contributed by atoms with Gasteiger partial charge in [-0.15, -0.1) is 23.1 Å². The van der Waals surface area contributed by atoms with Crippen molar-refractivity contribution in [2.45, 2.75) is 71.9 Å². The van der Waals surface area contributed by atoms with Gasteiger partial charge in [0, 0.05) is 11.1 Å². The summed E-state index contributed by atoms with van der Waals surface area (Å²) in [6, 6.07) is -0.869. The summed E-state index contributed by atoms with van der Waals surface area (Å²) in [4.78, 5) is 68.3. The van der Waals surface area contributed by atoms with E-state index in [2.05, 4.69) is 15.6 Å². The van der Waals surface area contributed by atoms with E-state index in [0.717, 1.165) is 11.3 Å².